The number of nitrogens with one attached hydrogen (secondary N) is 1. The Morgan fingerprint density at radius 1 is 0.911 bits per heavy atom. The Labute approximate surface area is 262 Å². The number of H-pyrrole nitrogens is 1. The van der Waals surface area contributed by atoms with Gasteiger partial charge in [-0.15, -0.1) is 5.10 Å². The van der Waals surface area contributed by atoms with Gasteiger partial charge in [-0.25, -0.2) is 14.6 Å². The average Bonchev–Trinajstić information content (AvgIpc) is 3.71. The third-order valence-corrected chi connectivity index (χ3v) is 7.75. The first-order valence-corrected chi connectivity index (χ1v) is 15.0. The number of hydrogen-bond acceptors (Lipinski definition) is 10. The standard InChI is InChI=1S/C32H31N7O5S/c1-5-26-36-39(18-20-14-16-21(17-15-20)22-10-6-7-11-23(22)27-34-37-38-35-27)31(45-26)33-28(40)24-12-8-9-13-25(24)29(41)43-19-44-30(42)32(2,3)4/h6-17H,5,18-19H2,1-4H3,(H,34,35,37,38). The zero-order valence-corrected chi connectivity index (χ0v) is 26.0. The van der Waals surface area contributed by atoms with Crippen LogP contribution < -0.4 is 4.80 Å². The van der Waals surface area contributed by atoms with E-state index in [0.717, 1.165) is 27.3 Å². The number of carbonyl (C=O) groups is 3. The van der Waals surface area contributed by atoms with Crippen LogP contribution in [0.25, 0.3) is 22.5 Å². The highest BCUT2D eigenvalue weighted by Gasteiger charge is 2.24. The minimum atomic E-state index is -0.802. The topological polar surface area (TPSA) is 154 Å². The van der Waals surface area contributed by atoms with Gasteiger partial charge in [0.2, 0.25) is 11.6 Å². The first-order valence-electron chi connectivity index (χ1n) is 14.2. The number of ether oxygens (including phenoxy) is 2. The van der Waals surface area contributed by atoms with E-state index in [1.807, 2.05) is 55.5 Å². The van der Waals surface area contributed by atoms with Gasteiger partial charge in [0.1, 0.15) is 5.01 Å². The van der Waals surface area contributed by atoms with Crippen molar-refractivity contribution in [1.29, 1.82) is 0 Å². The average molecular weight is 626 g/mol. The van der Waals surface area contributed by atoms with Gasteiger partial charge in [-0.05, 0) is 66.4 Å². The van der Waals surface area contributed by atoms with Crippen molar-refractivity contribution in [1.82, 2.24) is 30.4 Å². The van der Waals surface area contributed by atoms with Gasteiger partial charge < -0.3 is 9.47 Å². The zero-order chi connectivity index (χ0) is 32.0. The Morgan fingerprint density at radius 3 is 2.27 bits per heavy atom. The number of nitrogens with zero attached hydrogens (tertiary/aromatic N) is 6. The Morgan fingerprint density at radius 2 is 1.60 bits per heavy atom. The van der Waals surface area contributed by atoms with Crippen molar-refractivity contribution in [2.45, 2.75) is 40.7 Å². The molecule has 0 atom stereocenters. The van der Waals surface area contributed by atoms with Crippen LogP contribution in [0.15, 0.2) is 77.8 Å². The highest BCUT2D eigenvalue weighted by molar-refractivity contribution is 7.08. The molecule has 12 nitrogen and oxygen atoms in total. The van der Waals surface area contributed by atoms with Crippen molar-refractivity contribution in [2.24, 2.45) is 10.4 Å². The second kappa shape index (κ2) is 13.6. The number of aromatic amines is 1. The minimum absolute atomic E-state index is 0.0156. The summed E-state index contributed by atoms with van der Waals surface area (Å²) in [5, 5.41) is 19.7. The molecule has 0 radical (unpaired) electrons. The molecule has 5 aromatic rings. The number of benzene rings is 3. The fourth-order valence-corrected chi connectivity index (χ4v) is 5.12. The van der Waals surface area contributed by atoms with E-state index in [1.165, 1.54) is 23.5 Å². The second-order valence-electron chi connectivity index (χ2n) is 11.0. The third kappa shape index (κ3) is 7.44. The van der Waals surface area contributed by atoms with Gasteiger partial charge >= 0.3 is 11.9 Å². The van der Waals surface area contributed by atoms with E-state index in [9.17, 15) is 14.4 Å². The van der Waals surface area contributed by atoms with Gasteiger partial charge in [-0.1, -0.05) is 78.9 Å². The summed E-state index contributed by atoms with van der Waals surface area (Å²) < 4.78 is 11.8. The predicted octanol–water partition coefficient (Wildman–Crippen LogP) is 4.85. The van der Waals surface area contributed by atoms with Crippen LogP contribution in [0.3, 0.4) is 0 Å². The maximum Gasteiger partial charge on any atom is 0.341 e. The Bertz CT molecular complexity index is 1890. The van der Waals surface area contributed by atoms with Crippen LogP contribution in [-0.4, -0.2) is 55.0 Å². The summed E-state index contributed by atoms with van der Waals surface area (Å²) in [6.45, 7) is 6.86. The molecule has 3 aromatic carbocycles. The largest absolute Gasteiger partial charge is 0.427 e. The summed E-state index contributed by atoms with van der Waals surface area (Å²) in [6, 6.07) is 22.1. The molecule has 5 rings (SSSR count). The van der Waals surface area contributed by atoms with E-state index in [4.69, 9.17) is 9.47 Å². The summed E-state index contributed by atoms with van der Waals surface area (Å²) in [7, 11) is 0. The van der Waals surface area contributed by atoms with E-state index in [2.05, 4.69) is 30.7 Å². The molecule has 0 spiro atoms. The molecule has 0 unspecified atom stereocenters. The van der Waals surface area contributed by atoms with Crippen LogP contribution in [0.2, 0.25) is 0 Å². The van der Waals surface area contributed by atoms with E-state index in [1.54, 1.807) is 37.6 Å². The maximum absolute atomic E-state index is 13.4. The van der Waals surface area contributed by atoms with Crippen molar-refractivity contribution in [3.8, 4) is 22.5 Å². The molecule has 0 saturated carbocycles. The molecule has 1 amide bonds. The van der Waals surface area contributed by atoms with Gasteiger partial charge in [0.25, 0.3) is 5.91 Å². The Balaban J connectivity index is 1.36. The molecule has 2 aromatic heterocycles. The molecule has 0 saturated heterocycles. The lowest BCUT2D eigenvalue weighted by molar-refractivity contribution is -0.161. The zero-order valence-electron chi connectivity index (χ0n) is 25.2. The summed E-state index contributed by atoms with van der Waals surface area (Å²) in [5.41, 5.74) is 3.13. The summed E-state index contributed by atoms with van der Waals surface area (Å²) in [5.74, 6) is -1.36. The molecule has 0 fully saturated rings. The molecule has 0 aliphatic carbocycles. The van der Waals surface area contributed by atoms with Crippen LogP contribution in [0.1, 0.15) is 59.0 Å². The third-order valence-electron chi connectivity index (χ3n) is 6.66. The number of rotatable bonds is 9. The molecule has 230 valence electrons. The van der Waals surface area contributed by atoms with Crippen molar-refractivity contribution in [3.05, 3.63) is 99.3 Å². The normalized spacial score (nSPS) is 11.8. The predicted molar refractivity (Wildman–Crippen MR) is 166 cm³/mol. The van der Waals surface area contributed by atoms with E-state index >= 15 is 0 Å². The van der Waals surface area contributed by atoms with Gasteiger partial charge in [-0.3, -0.25) is 9.59 Å². The molecular formula is C32H31N7O5S. The Kier molecular flexibility index (Phi) is 9.38. The number of amides is 1. The second-order valence-corrected chi connectivity index (χ2v) is 12.0. The molecule has 2 heterocycles. The summed E-state index contributed by atoms with van der Waals surface area (Å²) in [6.07, 6.45) is 0.663. The SMILES string of the molecule is CCc1nn(Cc2ccc(-c3ccccc3-c3nnn[nH]3)cc2)c(=NC(=O)c2ccccc2C(=O)OCOC(=O)C(C)(C)C)s1. The number of esters is 2. The number of carbonyl (C=O) groups excluding carboxylic acids is 3. The van der Waals surface area contributed by atoms with Gasteiger partial charge in [-0.2, -0.15) is 10.1 Å². The van der Waals surface area contributed by atoms with Gasteiger partial charge in [0.15, 0.2) is 5.82 Å². The highest BCUT2D eigenvalue weighted by atomic mass is 32.1. The lowest BCUT2D eigenvalue weighted by Crippen LogP contribution is -2.25. The van der Waals surface area contributed by atoms with E-state index in [0.29, 0.717) is 23.6 Å². The molecule has 45 heavy (non-hydrogen) atoms. The highest BCUT2D eigenvalue weighted by Crippen LogP contribution is 2.29. The quantitative estimate of drug-likeness (QED) is 0.179. The molecule has 0 aliphatic heterocycles. The van der Waals surface area contributed by atoms with Crippen LogP contribution in [0.5, 0.6) is 0 Å². The molecule has 0 aliphatic rings. The number of aryl methyl sites for hydroxylation is 1. The fraction of sp³-hybridized carbons (Fsp3) is 0.250. The van der Waals surface area contributed by atoms with Crippen molar-refractivity contribution in [3.63, 3.8) is 0 Å². The number of tetrazole rings is 1. The minimum Gasteiger partial charge on any atom is -0.427 e. The molecule has 1 N–H and O–H groups in total. The Hall–Kier alpha value is -5.30. The van der Waals surface area contributed by atoms with Crippen LogP contribution in [0.4, 0.5) is 0 Å². The first kappa shape index (κ1) is 31.1. The summed E-state index contributed by atoms with van der Waals surface area (Å²) in [4.78, 5) is 42.9. The number of hydrogen-bond donors (Lipinski definition) is 1. The smallest absolute Gasteiger partial charge is 0.341 e. The van der Waals surface area contributed by atoms with Crippen LogP contribution in [0, 0.1) is 5.41 Å². The van der Waals surface area contributed by atoms with E-state index < -0.39 is 30.1 Å². The fourth-order valence-electron chi connectivity index (χ4n) is 4.28. The lowest BCUT2D eigenvalue weighted by Gasteiger charge is -2.16. The summed E-state index contributed by atoms with van der Waals surface area (Å²) >= 11 is 1.30. The van der Waals surface area contributed by atoms with Gasteiger partial charge in [0, 0.05) is 5.56 Å². The van der Waals surface area contributed by atoms with Gasteiger partial charge in [0.05, 0.1) is 23.1 Å². The number of aromatic nitrogens is 6. The van der Waals surface area contributed by atoms with Crippen LogP contribution in [-0.2, 0) is 27.2 Å². The van der Waals surface area contributed by atoms with Crippen molar-refractivity contribution >= 4 is 29.2 Å². The first-order chi connectivity index (χ1) is 21.6. The molecule has 13 heteroatoms. The monoisotopic (exact) mass is 625 g/mol. The van der Waals surface area contributed by atoms with Crippen molar-refractivity contribution in [2.75, 3.05) is 6.79 Å². The lowest BCUT2D eigenvalue weighted by atomic mass is 9.98. The van der Waals surface area contributed by atoms with E-state index in [-0.39, 0.29) is 11.1 Å². The molecular weight excluding hydrogens is 594 g/mol. The maximum atomic E-state index is 13.4. The van der Waals surface area contributed by atoms with Crippen molar-refractivity contribution < 1.29 is 23.9 Å². The molecule has 0 bridgehead atoms. The van der Waals surface area contributed by atoms with Crippen LogP contribution >= 0.6 is 11.3 Å².